The van der Waals surface area contributed by atoms with Crippen molar-refractivity contribution in [3.05, 3.63) is 75.2 Å². The van der Waals surface area contributed by atoms with E-state index in [1.165, 1.54) is 22.2 Å². The molecular weight excluding hydrogens is 402 g/mol. The van der Waals surface area contributed by atoms with Crippen LogP contribution in [-0.2, 0) is 5.75 Å². The van der Waals surface area contributed by atoms with E-state index in [9.17, 15) is 4.79 Å². The third-order valence-electron chi connectivity index (χ3n) is 3.54. The van der Waals surface area contributed by atoms with Crippen molar-refractivity contribution in [2.45, 2.75) is 10.9 Å². The smallest absolute Gasteiger partial charge is 0.258 e. The summed E-state index contributed by atoms with van der Waals surface area (Å²) in [5, 5.41) is 7.77. The Balaban J connectivity index is 1.54. The minimum Gasteiger partial charge on any atom is -0.269 e. The first-order chi connectivity index (χ1) is 12.2. The average molecular weight is 414 g/mol. The fourth-order valence-corrected chi connectivity index (χ4v) is 3.40. The van der Waals surface area contributed by atoms with E-state index < -0.39 is 0 Å². The van der Waals surface area contributed by atoms with Crippen molar-refractivity contribution in [1.29, 1.82) is 0 Å². The quantitative estimate of drug-likeness (QED) is 0.517. The van der Waals surface area contributed by atoms with Gasteiger partial charge in [-0.15, -0.1) is 5.10 Å². The molecule has 0 radical (unpaired) electrons. The van der Waals surface area contributed by atoms with Crippen LogP contribution in [0.15, 0.2) is 69.2 Å². The fraction of sp³-hybridized carbons (Fsp3) is 0.0588. The highest BCUT2D eigenvalue weighted by Gasteiger charge is 2.08. The Labute approximate surface area is 155 Å². The molecule has 0 unspecified atom stereocenters. The van der Waals surface area contributed by atoms with E-state index in [-0.39, 0.29) is 5.56 Å². The number of hydrogen-bond acceptors (Lipinski definition) is 5. The van der Waals surface area contributed by atoms with Crippen molar-refractivity contribution in [2.75, 3.05) is 0 Å². The first kappa shape index (κ1) is 16.0. The highest BCUT2D eigenvalue weighted by molar-refractivity contribution is 9.10. The molecule has 1 aromatic carbocycles. The second kappa shape index (κ2) is 6.81. The van der Waals surface area contributed by atoms with Gasteiger partial charge in [0.15, 0.2) is 5.82 Å². The summed E-state index contributed by atoms with van der Waals surface area (Å²) in [4.78, 5) is 21.2. The van der Waals surface area contributed by atoms with Crippen LogP contribution < -0.4 is 5.56 Å². The lowest BCUT2D eigenvalue weighted by atomic mass is 10.2. The number of halogens is 1. The predicted octanol–water partition coefficient (Wildman–Crippen LogP) is 3.53. The predicted molar refractivity (Wildman–Crippen MR) is 101 cm³/mol. The lowest BCUT2D eigenvalue weighted by Gasteiger charge is -2.03. The molecule has 0 aliphatic heterocycles. The molecule has 0 saturated carbocycles. The van der Waals surface area contributed by atoms with Crippen molar-refractivity contribution in [2.24, 2.45) is 0 Å². The number of aromatic amines is 1. The van der Waals surface area contributed by atoms with Crippen LogP contribution >= 0.6 is 27.7 Å². The van der Waals surface area contributed by atoms with E-state index in [4.69, 9.17) is 0 Å². The molecule has 3 aromatic heterocycles. The standard InChI is InChI=1S/C17H12BrN5OS/c18-12-6-7-14-19-13(8-15(24)23(14)9-12)10-25-17-20-16(21-22-17)11-4-2-1-3-5-11/h1-9H,10H2,(H,20,21,22). The zero-order valence-corrected chi connectivity index (χ0v) is 15.3. The number of pyridine rings is 1. The molecule has 0 aliphatic rings. The number of thioether (sulfide) groups is 1. The number of rotatable bonds is 4. The molecule has 0 fully saturated rings. The molecule has 124 valence electrons. The number of hydrogen-bond donors (Lipinski definition) is 1. The van der Waals surface area contributed by atoms with Crippen LogP contribution in [-0.4, -0.2) is 24.6 Å². The molecule has 0 aliphatic carbocycles. The van der Waals surface area contributed by atoms with Gasteiger partial charge in [0.05, 0.1) is 5.69 Å². The Hall–Kier alpha value is -2.45. The normalized spacial score (nSPS) is 11.1. The van der Waals surface area contributed by atoms with Crippen molar-refractivity contribution in [1.82, 2.24) is 24.6 Å². The number of aromatic nitrogens is 5. The maximum Gasteiger partial charge on any atom is 0.258 e. The Morgan fingerprint density at radius 2 is 1.96 bits per heavy atom. The largest absolute Gasteiger partial charge is 0.269 e. The number of benzene rings is 1. The van der Waals surface area contributed by atoms with Crippen LogP contribution in [0.4, 0.5) is 0 Å². The summed E-state index contributed by atoms with van der Waals surface area (Å²) in [6, 6.07) is 15.0. The topological polar surface area (TPSA) is 75.9 Å². The van der Waals surface area contributed by atoms with Gasteiger partial charge in [0.2, 0.25) is 5.16 Å². The van der Waals surface area contributed by atoms with Gasteiger partial charge in [-0.25, -0.2) is 9.97 Å². The number of H-pyrrole nitrogens is 1. The highest BCUT2D eigenvalue weighted by Crippen LogP contribution is 2.21. The second-order valence-corrected chi connectivity index (χ2v) is 7.14. The van der Waals surface area contributed by atoms with Crippen LogP contribution in [0.2, 0.25) is 0 Å². The van der Waals surface area contributed by atoms with Crippen molar-refractivity contribution in [3.63, 3.8) is 0 Å². The minimum absolute atomic E-state index is 0.109. The molecule has 6 nitrogen and oxygen atoms in total. The van der Waals surface area contributed by atoms with Gasteiger partial charge in [-0.1, -0.05) is 42.1 Å². The summed E-state index contributed by atoms with van der Waals surface area (Å²) < 4.78 is 2.35. The highest BCUT2D eigenvalue weighted by atomic mass is 79.9. The van der Waals surface area contributed by atoms with E-state index in [2.05, 4.69) is 36.1 Å². The molecule has 0 atom stereocenters. The van der Waals surface area contributed by atoms with Crippen LogP contribution in [0.5, 0.6) is 0 Å². The van der Waals surface area contributed by atoms with Gasteiger partial charge in [0.1, 0.15) is 5.65 Å². The zero-order valence-electron chi connectivity index (χ0n) is 12.9. The summed E-state index contributed by atoms with van der Waals surface area (Å²) in [7, 11) is 0. The average Bonchev–Trinajstić information content (AvgIpc) is 3.10. The molecule has 4 rings (SSSR count). The first-order valence-corrected chi connectivity index (χ1v) is 9.25. The van der Waals surface area contributed by atoms with Gasteiger partial charge in [0, 0.05) is 28.1 Å². The summed E-state index contributed by atoms with van der Waals surface area (Å²) in [6.45, 7) is 0. The monoisotopic (exact) mass is 413 g/mol. The molecule has 4 aromatic rings. The zero-order chi connectivity index (χ0) is 17.2. The minimum atomic E-state index is -0.109. The Kier molecular flexibility index (Phi) is 4.37. The lowest BCUT2D eigenvalue weighted by Crippen LogP contribution is -2.15. The molecule has 0 bridgehead atoms. The van der Waals surface area contributed by atoms with Crippen LogP contribution in [0.1, 0.15) is 5.69 Å². The fourth-order valence-electron chi connectivity index (χ4n) is 2.37. The summed E-state index contributed by atoms with van der Waals surface area (Å²) in [6.07, 6.45) is 1.71. The molecule has 1 N–H and O–H groups in total. The molecule has 25 heavy (non-hydrogen) atoms. The third-order valence-corrected chi connectivity index (χ3v) is 4.89. The van der Waals surface area contributed by atoms with Crippen LogP contribution in [0, 0.1) is 0 Å². The molecule has 3 heterocycles. The molecule has 0 amide bonds. The van der Waals surface area contributed by atoms with Gasteiger partial charge in [-0.05, 0) is 28.1 Å². The van der Waals surface area contributed by atoms with Crippen molar-refractivity contribution >= 4 is 33.3 Å². The van der Waals surface area contributed by atoms with E-state index in [0.29, 0.717) is 22.3 Å². The number of nitrogens with zero attached hydrogens (tertiary/aromatic N) is 4. The molecule has 0 spiro atoms. The van der Waals surface area contributed by atoms with Crippen molar-refractivity contribution < 1.29 is 0 Å². The van der Waals surface area contributed by atoms with Gasteiger partial charge in [-0.3, -0.25) is 14.3 Å². The summed E-state index contributed by atoms with van der Waals surface area (Å²) in [5.41, 5.74) is 2.19. The van der Waals surface area contributed by atoms with Gasteiger partial charge < -0.3 is 0 Å². The van der Waals surface area contributed by atoms with Gasteiger partial charge in [-0.2, -0.15) is 0 Å². The maximum atomic E-state index is 12.2. The Morgan fingerprint density at radius 1 is 1.12 bits per heavy atom. The molecule has 8 heteroatoms. The Morgan fingerprint density at radius 3 is 2.80 bits per heavy atom. The first-order valence-electron chi connectivity index (χ1n) is 7.47. The van der Waals surface area contributed by atoms with Crippen LogP contribution in [0.3, 0.4) is 0 Å². The molecule has 0 saturated heterocycles. The van der Waals surface area contributed by atoms with Gasteiger partial charge >= 0.3 is 0 Å². The summed E-state index contributed by atoms with van der Waals surface area (Å²) >= 11 is 4.79. The SMILES string of the molecule is O=c1cc(CSc2n[nH]c(-c3ccccc3)n2)nc2ccc(Br)cn12. The maximum absolute atomic E-state index is 12.2. The van der Waals surface area contributed by atoms with Crippen LogP contribution in [0.25, 0.3) is 17.0 Å². The molecular formula is C17H12BrN5OS. The second-order valence-electron chi connectivity index (χ2n) is 5.28. The van der Waals surface area contributed by atoms with Gasteiger partial charge in [0.25, 0.3) is 5.56 Å². The van der Waals surface area contributed by atoms with E-state index in [1.54, 1.807) is 12.3 Å². The van der Waals surface area contributed by atoms with E-state index in [1.807, 2.05) is 36.4 Å². The van der Waals surface area contributed by atoms with E-state index >= 15 is 0 Å². The third kappa shape index (κ3) is 3.49. The van der Waals surface area contributed by atoms with E-state index in [0.717, 1.165) is 15.9 Å². The number of fused-ring (bicyclic) bond motifs is 1. The lowest BCUT2D eigenvalue weighted by molar-refractivity contribution is 0.967. The summed E-state index contributed by atoms with van der Waals surface area (Å²) in [5.74, 6) is 1.24. The Bertz CT molecular complexity index is 1090. The number of nitrogens with one attached hydrogen (secondary N) is 1. The van der Waals surface area contributed by atoms with Crippen molar-refractivity contribution in [3.8, 4) is 11.4 Å².